The number of alkyl halides is 1. The van der Waals surface area contributed by atoms with Gasteiger partial charge in [-0.25, -0.2) is 0 Å². The Labute approximate surface area is 196 Å². The monoisotopic (exact) mass is 463 g/mol. The predicted octanol–water partition coefficient (Wildman–Crippen LogP) is 5.41. The maximum absolute atomic E-state index is 13.5. The predicted molar refractivity (Wildman–Crippen MR) is 128 cm³/mol. The van der Waals surface area contributed by atoms with E-state index in [2.05, 4.69) is 16.6 Å². The number of fused-ring (bicyclic) bond motifs is 4. The summed E-state index contributed by atoms with van der Waals surface area (Å²) in [4.78, 5) is 26.4. The van der Waals surface area contributed by atoms with Gasteiger partial charge in [-0.3, -0.25) is 4.79 Å². The molecule has 0 radical (unpaired) electrons. The van der Waals surface area contributed by atoms with Crippen molar-refractivity contribution >= 4 is 34.6 Å². The molecule has 33 heavy (non-hydrogen) atoms. The second-order valence-electron chi connectivity index (χ2n) is 8.11. The second kappa shape index (κ2) is 8.75. The molecule has 2 aliphatic rings. The van der Waals surface area contributed by atoms with Gasteiger partial charge in [-0.1, -0.05) is 24.3 Å². The third kappa shape index (κ3) is 3.89. The fourth-order valence-electron chi connectivity index (χ4n) is 4.53. The van der Waals surface area contributed by atoms with Gasteiger partial charge in [-0.2, -0.15) is 0 Å². The highest BCUT2D eigenvalue weighted by Crippen LogP contribution is 2.40. The van der Waals surface area contributed by atoms with Gasteiger partial charge in [0.2, 0.25) is 0 Å². The SMILES string of the molecule is COc1cc2c(cc1OCc1cc(CCl)cc(N=O)c1)NC[C@@H]1Cc3ccccc3N1C2=O. The largest absolute Gasteiger partial charge is 0.493 e. The van der Waals surface area contributed by atoms with E-state index in [0.29, 0.717) is 35.0 Å². The summed E-state index contributed by atoms with van der Waals surface area (Å²) in [5.41, 5.74) is 5.23. The molecule has 3 aromatic carbocycles. The topological polar surface area (TPSA) is 80.2 Å². The second-order valence-corrected chi connectivity index (χ2v) is 8.38. The first-order valence-electron chi connectivity index (χ1n) is 10.6. The van der Waals surface area contributed by atoms with E-state index < -0.39 is 0 Å². The number of para-hydroxylation sites is 1. The Morgan fingerprint density at radius 2 is 1.94 bits per heavy atom. The molecule has 2 heterocycles. The van der Waals surface area contributed by atoms with Crippen molar-refractivity contribution in [3.05, 3.63) is 81.8 Å². The van der Waals surface area contributed by atoms with Crippen LogP contribution in [0.15, 0.2) is 59.8 Å². The smallest absolute Gasteiger partial charge is 0.260 e. The van der Waals surface area contributed by atoms with Crippen molar-refractivity contribution in [1.29, 1.82) is 0 Å². The quantitative estimate of drug-likeness (QED) is 0.390. The van der Waals surface area contributed by atoms with Crippen LogP contribution in [-0.2, 0) is 18.9 Å². The molecule has 2 aliphatic heterocycles. The molecule has 3 aromatic rings. The van der Waals surface area contributed by atoms with E-state index in [0.717, 1.165) is 23.2 Å². The number of nitroso groups, excluding NO2 is 1. The lowest BCUT2D eigenvalue weighted by Crippen LogP contribution is -2.39. The van der Waals surface area contributed by atoms with Crippen molar-refractivity contribution < 1.29 is 14.3 Å². The molecule has 0 bridgehead atoms. The minimum Gasteiger partial charge on any atom is -0.493 e. The van der Waals surface area contributed by atoms with Crippen LogP contribution in [0.5, 0.6) is 11.5 Å². The first kappa shape index (κ1) is 21.3. The van der Waals surface area contributed by atoms with Gasteiger partial charge < -0.3 is 19.7 Å². The maximum Gasteiger partial charge on any atom is 0.260 e. The highest BCUT2D eigenvalue weighted by atomic mass is 35.5. The Balaban J connectivity index is 1.45. The molecule has 1 N–H and O–H groups in total. The summed E-state index contributed by atoms with van der Waals surface area (Å²) in [6.45, 7) is 0.823. The third-order valence-corrected chi connectivity index (χ3v) is 6.35. The van der Waals surface area contributed by atoms with E-state index >= 15 is 0 Å². The van der Waals surface area contributed by atoms with Crippen LogP contribution < -0.4 is 19.7 Å². The summed E-state index contributed by atoms with van der Waals surface area (Å²) in [6, 6.07) is 16.7. The third-order valence-electron chi connectivity index (χ3n) is 6.04. The van der Waals surface area contributed by atoms with E-state index in [4.69, 9.17) is 21.1 Å². The van der Waals surface area contributed by atoms with Crippen molar-refractivity contribution in [2.75, 3.05) is 23.9 Å². The Bertz CT molecular complexity index is 1250. The lowest BCUT2D eigenvalue weighted by atomic mass is 10.1. The molecular formula is C25H22ClN3O4. The molecule has 5 rings (SSSR count). The van der Waals surface area contributed by atoms with E-state index in [1.807, 2.05) is 29.2 Å². The number of benzene rings is 3. The fraction of sp³-hybridized carbons (Fsp3) is 0.240. The van der Waals surface area contributed by atoms with Crippen molar-refractivity contribution in [1.82, 2.24) is 0 Å². The molecular weight excluding hydrogens is 442 g/mol. The van der Waals surface area contributed by atoms with Gasteiger partial charge in [0.15, 0.2) is 11.5 Å². The van der Waals surface area contributed by atoms with Gasteiger partial charge in [0.1, 0.15) is 12.3 Å². The molecule has 1 amide bonds. The number of nitrogens with one attached hydrogen (secondary N) is 1. The van der Waals surface area contributed by atoms with Crippen molar-refractivity contribution in [2.24, 2.45) is 5.18 Å². The molecule has 0 spiro atoms. The van der Waals surface area contributed by atoms with Crippen LogP contribution in [0, 0.1) is 4.91 Å². The summed E-state index contributed by atoms with van der Waals surface area (Å²) in [6.07, 6.45) is 0.813. The van der Waals surface area contributed by atoms with Crippen molar-refractivity contribution in [3.8, 4) is 11.5 Å². The summed E-state index contributed by atoms with van der Waals surface area (Å²) >= 11 is 5.92. The standard InChI is InChI=1S/C25H22ClN3O4/c1-32-23-10-20-21(11-24(23)33-14-16-6-15(12-26)7-18(8-16)28-31)27-13-19-9-17-4-2-3-5-22(17)29(19)25(20)30/h2-8,10-11,19,27H,9,12-14H2,1H3/t19-/m0/s1. The zero-order valence-electron chi connectivity index (χ0n) is 18.0. The highest BCUT2D eigenvalue weighted by molar-refractivity contribution is 6.17. The maximum atomic E-state index is 13.5. The van der Waals surface area contributed by atoms with Crippen molar-refractivity contribution in [2.45, 2.75) is 24.9 Å². The Hall–Kier alpha value is -3.58. The average Bonchev–Trinajstić information content (AvgIpc) is 3.17. The Morgan fingerprint density at radius 1 is 1.12 bits per heavy atom. The molecule has 168 valence electrons. The number of ether oxygens (including phenoxy) is 2. The fourth-order valence-corrected chi connectivity index (χ4v) is 4.68. The minimum absolute atomic E-state index is 0.0465. The van der Waals surface area contributed by atoms with Crippen LogP contribution in [0.3, 0.4) is 0 Å². The van der Waals surface area contributed by atoms with Crippen LogP contribution in [0.1, 0.15) is 27.0 Å². The van der Waals surface area contributed by atoms with Gasteiger partial charge in [0, 0.05) is 24.2 Å². The number of rotatable bonds is 6. The molecule has 0 aliphatic carbocycles. The van der Waals surface area contributed by atoms with Crippen LogP contribution in [0.2, 0.25) is 0 Å². The van der Waals surface area contributed by atoms with Gasteiger partial charge in [-0.05, 0) is 52.6 Å². The van der Waals surface area contributed by atoms with E-state index in [1.54, 1.807) is 31.4 Å². The number of hydrogen-bond acceptors (Lipinski definition) is 6. The van der Waals surface area contributed by atoms with Gasteiger partial charge in [0.05, 0.1) is 24.4 Å². The highest BCUT2D eigenvalue weighted by Gasteiger charge is 2.37. The van der Waals surface area contributed by atoms with Crippen LogP contribution in [0.4, 0.5) is 17.1 Å². The zero-order chi connectivity index (χ0) is 22.9. The Kier molecular flexibility index (Phi) is 5.64. The summed E-state index contributed by atoms with van der Waals surface area (Å²) in [7, 11) is 1.54. The molecule has 0 aromatic heterocycles. The van der Waals surface area contributed by atoms with Gasteiger partial charge >= 0.3 is 0 Å². The van der Waals surface area contributed by atoms with E-state index in [1.165, 1.54) is 5.56 Å². The van der Waals surface area contributed by atoms with E-state index in [9.17, 15) is 9.70 Å². The van der Waals surface area contributed by atoms with Crippen LogP contribution in [0.25, 0.3) is 0 Å². The van der Waals surface area contributed by atoms with Gasteiger partial charge in [-0.15, -0.1) is 16.5 Å². The van der Waals surface area contributed by atoms with Crippen molar-refractivity contribution in [3.63, 3.8) is 0 Å². The average molecular weight is 464 g/mol. The molecule has 0 saturated carbocycles. The van der Waals surface area contributed by atoms with E-state index in [-0.39, 0.29) is 24.4 Å². The molecule has 8 heteroatoms. The molecule has 0 fully saturated rings. The summed E-state index contributed by atoms with van der Waals surface area (Å²) in [5, 5.41) is 6.42. The van der Waals surface area contributed by atoms with Crippen LogP contribution >= 0.6 is 11.6 Å². The number of amides is 1. The summed E-state index contributed by atoms with van der Waals surface area (Å²) < 4.78 is 11.6. The number of hydrogen-bond donors (Lipinski definition) is 1. The normalized spacial score (nSPS) is 16.2. The first-order chi connectivity index (χ1) is 16.1. The number of anilines is 2. The minimum atomic E-state index is -0.0636. The van der Waals surface area contributed by atoms with Gasteiger partial charge in [0.25, 0.3) is 5.91 Å². The number of nitrogens with zero attached hydrogens (tertiary/aromatic N) is 2. The number of halogens is 1. The zero-order valence-corrected chi connectivity index (χ0v) is 18.8. The molecule has 0 unspecified atom stereocenters. The number of carbonyl (C=O) groups is 1. The van der Waals surface area contributed by atoms with Crippen LogP contribution in [-0.4, -0.2) is 25.6 Å². The lowest BCUT2D eigenvalue weighted by Gasteiger charge is -2.22. The number of carbonyl (C=O) groups excluding carboxylic acids is 1. The molecule has 7 nitrogen and oxygen atoms in total. The summed E-state index contributed by atoms with van der Waals surface area (Å²) in [5.74, 6) is 1.16. The Morgan fingerprint density at radius 3 is 2.73 bits per heavy atom. The number of methoxy groups -OCH3 is 1. The lowest BCUT2D eigenvalue weighted by molar-refractivity contribution is 0.0983. The molecule has 1 atom stereocenters. The molecule has 0 saturated heterocycles. The first-order valence-corrected chi connectivity index (χ1v) is 11.2.